The third kappa shape index (κ3) is 3.38. The molecule has 7 heteroatoms. The van der Waals surface area contributed by atoms with Gasteiger partial charge in [0, 0.05) is 6.08 Å². The lowest BCUT2D eigenvalue weighted by molar-refractivity contribution is -0.115. The summed E-state index contributed by atoms with van der Waals surface area (Å²) in [4.78, 5) is 11.5. The lowest BCUT2D eigenvalue weighted by Crippen LogP contribution is -2.15. The number of carbonyl (C=O) groups is 1. The van der Waals surface area contributed by atoms with Crippen LogP contribution in [0.25, 0.3) is 0 Å². The Morgan fingerprint density at radius 2 is 2.20 bits per heavy atom. The second kappa shape index (κ2) is 4.84. The SMILES string of the molecule is O=C(C=C([O][AlH])C(F)(F)F)c1cccs1. The van der Waals surface area contributed by atoms with E-state index >= 15 is 0 Å². The second-order valence-electron chi connectivity index (χ2n) is 2.49. The summed E-state index contributed by atoms with van der Waals surface area (Å²) in [5.74, 6) is -1.98. The fourth-order valence-corrected chi connectivity index (χ4v) is 1.70. The van der Waals surface area contributed by atoms with E-state index in [1.807, 2.05) is 0 Å². The van der Waals surface area contributed by atoms with Crippen LogP contribution in [0.3, 0.4) is 0 Å². The topological polar surface area (TPSA) is 26.3 Å². The van der Waals surface area contributed by atoms with E-state index in [9.17, 15) is 18.0 Å². The zero-order valence-corrected chi connectivity index (χ0v) is 9.61. The van der Waals surface area contributed by atoms with Crippen molar-refractivity contribution in [1.29, 1.82) is 0 Å². The molecule has 0 N–H and O–H groups in total. The number of hydrogen-bond acceptors (Lipinski definition) is 3. The summed E-state index contributed by atoms with van der Waals surface area (Å²) in [5, 5.41) is 1.61. The van der Waals surface area contributed by atoms with Gasteiger partial charge in [-0.3, -0.25) is 4.79 Å². The molecule has 0 aliphatic carbocycles. The minimum atomic E-state index is -4.63. The number of alkyl halides is 3. The summed E-state index contributed by atoms with van der Waals surface area (Å²) in [6, 6.07) is 3.04. The summed E-state index contributed by atoms with van der Waals surface area (Å²) >= 11 is 1.76. The summed E-state index contributed by atoms with van der Waals surface area (Å²) in [5.41, 5.74) is 0. The van der Waals surface area contributed by atoms with Crippen molar-refractivity contribution in [3.8, 4) is 0 Å². The van der Waals surface area contributed by atoms with Gasteiger partial charge in [-0.05, 0) is 11.4 Å². The molecule has 0 unspecified atom stereocenters. The van der Waals surface area contributed by atoms with Crippen LogP contribution >= 0.6 is 11.3 Å². The summed E-state index contributed by atoms with van der Waals surface area (Å²) in [7, 11) is 0. The van der Waals surface area contributed by atoms with Crippen LogP contribution in [0.15, 0.2) is 29.3 Å². The van der Waals surface area contributed by atoms with Crippen LogP contribution in [0.5, 0.6) is 0 Å². The van der Waals surface area contributed by atoms with E-state index in [2.05, 4.69) is 3.79 Å². The molecule has 0 bridgehead atoms. The number of carbonyl (C=O) groups excluding carboxylic acids is 1. The lowest BCUT2D eigenvalue weighted by Gasteiger charge is -2.11. The molecule has 0 spiro atoms. The Morgan fingerprint density at radius 3 is 2.60 bits per heavy atom. The number of halogens is 3. The Kier molecular flexibility index (Phi) is 3.97. The minimum absolute atomic E-state index is 0.247. The molecule has 0 aromatic carbocycles. The van der Waals surface area contributed by atoms with Crippen LogP contribution in [-0.4, -0.2) is 28.6 Å². The van der Waals surface area contributed by atoms with E-state index in [0.29, 0.717) is 22.7 Å². The van der Waals surface area contributed by atoms with Crippen molar-refractivity contribution < 1.29 is 21.8 Å². The second-order valence-corrected chi connectivity index (χ2v) is 3.73. The molecule has 0 aliphatic rings. The highest BCUT2D eigenvalue weighted by atomic mass is 32.1. The van der Waals surface area contributed by atoms with E-state index in [0.717, 1.165) is 11.3 Å². The quantitative estimate of drug-likeness (QED) is 0.355. The zero-order chi connectivity index (χ0) is 11.5. The molecule has 0 saturated heterocycles. The first kappa shape index (κ1) is 12.3. The van der Waals surface area contributed by atoms with Crippen LogP contribution in [0.4, 0.5) is 13.2 Å². The minimum Gasteiger partial charge on any atom is -0.647 e. The third-order valence-corrected chi connectivity index (χ3v) is 2.66. The number of ketones is 1. The monoisotopic (exact) mass is 249 g/mol. The molecule has 0 fully saturated rings. The first-order chi connectivity index (χ1) is 6.95. The van der Waals surface area contributed by atoms with Gasteiger partial charge in [0.2, 0.25) is 0 Å². The van der Waals surface area contributed by atoms with E-state index in [1.165, 1.54) is 6.07 Å². The summed E-state index contributed by atoms with van der Waals surface area (Å²) in [6.45, 7) is 0. The maximum atomic E-state index is 12.2. The van der Waals surface area contributed by atoms with Crippen LogP contribution in [-0.2, 0) is 3.79 Å². The van der Waals surface area contributed by atoms with Crippen LogP contribution in [0.2, 0.25) is 0 Å². The zero-order valence-electron chi connectivity index (χ0n) is 7.38. The van der Waals surface area contributed by atoms with Crippen molar-refractivity contribution in [2.45, 2.75) is 6.18 Å². The molecule has 0 amide bonds. The van der Waals surface area contributed by atoms with Crippen molar-refractivity contribution in [3.63, 3.8) is 0 Å². The molecule has 0 aliphatic heterocycles. The van der Waals surface area contributed by atoms with Gasteiger partial charge in [-0.25, -0.2) is 0 Å². The highest BCUT2D eigenvalue weighted by molar-refractivity contribution is 7.12. The first-order valence-electron chi connectivity index (χ1n) is 3.74. The van der Waals surface area contributed by atoms with Crippen molar-refractivity contribution in [3.05, 3.63) is 34.2 Å². The summed E-state index contributed by atoms with van der Waals surface area (Å²) in [6.07, 6.45) is -4.17. The molecule has 1 rings (SSSR count). The predicted molar refractivity (Wildman–Crippen MR) is 51.0 cm³/mol. The van der Waals surface area contributed by atoms with Gasteiger partial charge in [-0.1, -0.05) is 6.07 Å². The highest BCUT2D eigenvalue weighted by Gasteiger charge is 2.34. The fourth-order valence-electron chi connectivity index (χ4n) is 0.814. The molecule has 1 heterocycles. The smallest absolute Gasteiger partial charge is 0.494 e. The predicted octanol–water partition coefficient (Wildman–Crippen LogP) is 2.21. The van der Waals surface area contributed by atoms with E-state index < -0.39 is 17.7 Å². The standard InChI is InChI=1S/C8H5F3O2S.Al.H/c9-8(10,11)7(13)4-5(12)6-2-1-3-14-6;;/h1-4,13H;;/q;+1;/p-1. The van der Waals surface area contributed by atoms with Gasteiger partial charge in [-0.2, -0.15) is 13.2 Å². The van der Waals surface area contributed by atoms with Crippen molar-refractivity contribution in [2.24, 2.45) is 0 Å². The third-order valence-electron chi connectivity index (χ3n) is 1.46. The van der Waals surface area contributed by atoms with Gasteiger partial charge >= 0.3 is 22.8 Å². The Balaban J connectivity index is 2.91. The van der Waals surface area contributed by atoms with Gasteiger partial charge in [0.05, 0.1) is 4.88 Å². The molecular formula is C8H5AlF3O2S. The Labute approximate surface area is 96.1 Å². The van der Waals surface area contributed by atoms with Gasteiger partial charge < -0.3 is 3.79 Å². The van der Waals surface area contributed by atoms with E-state index in [1.54, 1.807) is 11.4 Å². The fraction of sp³-hybridized carbons (Fsp3) is 0.125. The maximum absolute atomic E-state index is 12.2. The molecule has 79 valence electrons. The van der Waals surface area contributed by atoms with Gasteiger partial charge in [0.25, 0.3) is 0 Å². The van der Waals surface area contributed by atoms with Gasteiger partial charge in [0.1, 0.15) is 0 Å². The van der Waals surface area contributed by atoms with Gasteiger partial charge in [-0.15, -0.1) is 11.3 Å². The largest absolute Gasteiger partial charge is 0.647 e. The van der Waals surface area contributed by atoms with Crippen LogP contribution in [0, 0.1) is 0 Å². The van der Waals surface area contributed by atoms with Gasteiger partial charge in [0.15, 0.2) is 11.5 Å². The van der Waals surface area contributed by atoms with Crippen LogP contribution < -0.4 is 0 Å². The highest BCUT2D eigenvalue weighted by Crippen LogP contribution is 2.26. The summed E-state index contributed by atoms with van der Waals surface area (Å²) < 4.78 is 40.7. The molecular weight excluding hydrogens is 244 g/mol. The van der Waals surface area contributed by atoms with Crippen LogP contribution in [0.1, 0.15) is 9.67 Å². The molecule has 0 atom stereocenters. The number of allylic oxidation sites excluding steroid dienone is 2. The Hall–Kier alpha value is -0.768. The number of hydrogen-bond donors (Lipinski definition) is 0. The molecule has 2 nitrogen and oxygen atoms in total. The molecule has 0 saturated carbocycles. The molecule has 1 radical (unpaired) electrons. The van der Waals surface area contributed by atoms with Crippen molar-refractivity contribution in [2.75, 3.05) is 0 Å². The number of rotatable bonds is 3. The normalized spacial score (nSPS) is 12.6. The number of thiophene rings is 1. The van der Waals surface area contributed by atoms with E-state index in [4.69, 9.17) is 0 Å². The molecule has 15 heavy (non-hydrogen) atoms. The average molecular weight is 249 g/mol. The van der Waals surface area contributed by atoms with Crippen molar-refractivity contribution in [1.82, 2.24) is 0 Å². The lowest BCUT2D eigenvalue weighted by atomic mass is 10.3. The average Bonchev–Trinajstić information content (AvgIpc) is 2.64. The maximum Gasteiger partial charge on any atom is 0.494 e. The van der Waals surface area contributed by atoms with E-state index in [-0.39, 0.29) is 4.88 Å². The first-order valence-corrected chi connectivity index (χ1v) is 5.19. The Bertz CT molecular complexity index is 370. The molecule has 1 aromatic heterocycles. The molecule has 1 aromatic rings. The Morgan fingerprint density at radius 1 is 1.53 bits per heavy atom. The van der Waals surface area contributed by atoms with Crippen molar-refractivity contribution >= 4 is 33.7 Å².